The first-order valence-electron chi connectivity index (χ1n) is 7.93. The summed E-state index contributed by atoms with van der Waals surface area (Å²) in [6, 6.07) is 11.8. The molecule has 2 aromatic rings. The van der Waals surface area contributed by atoms with Gasteiger partial charge in [0.25, 0.3) is 0 Å². The van der Waals surface area contributed by atoms with Gasteiger partial charge in [0.2, 0.25) is 0 Å². The molecular weight excluding hydrogens is 274 g/mol. The molecule has 0 amide bonds. The number of thiophene rings is 1. The van der Waals surface area contributed by atoms with Crippen LogP contribution in [0.15, 0.2) is 30.3 Å². The minimum absolute atomic E-state index is 0.323. The predicted octanol–water partition coefficient (Wildman–Crippen LogP) is 5.58. The largest absolute Gasteiger partial charge is 0.306 e. The van der Waals surface area contributed by atoms with Crippen LogP contribution in [0.2, 0.25) is 0 Å². The lowest BCUT2D eigenvalue weighted by atomic mass is 9.98. The molecule has 2 heteroatoms. The van der Waals surface area contributed by atoms with Crippen LogP contribution < -0.4 is 5.32 Å². The summed E-state index contributed by atoms with van der Waals surface area (Å²) in [7, 11) is 0. The maximum Gasteiger partial charge on any atom is 0.0671 e. The van der Waals surface area contributed by atoms with Crippen molar-refractivity contribution in [2.75, 3.05) is 6.54 Å². The van der Waals surface area contributed by atoms with Crippen molar-refractivity contribution in [2.24, 2.45) is 0 Å². The molecule has 1 heterocycles. The highest BCUT2D eigenvalue weighted by Crippen LogP contribution is 2.31. The number of nitrogens with one attached hydrogen (secondary N) is 1. The van der Waals surface area contributed by atoms with E-state index in [2.05, 4.69) is 70.3 Å². The SMILES string of the molecule is CCCNC(c1ccc(C(C)C)cc1)c1cc(C)c(C)s1. The van der Waals surface area contributed by atoms with Crippen molar-refractivity contribution >= 4 is 11.3 Å². The van der Waals surface area contributed by atoms with E-state index in [0.717, 1.165) is 13.0 Å². The zero-order valence-electron chi connectivity index (χ0n) is 13.9. The van der Waals surface area contributed by atoms with Gasteiger partial charge in [-0.2, -0.15) is 0 Å². The fraction of sp³-hybridized carbons (Fsp3) is 0.474. The Kier molecular flexibility index (Phi) is 5.60. The Morgan fingerprint density at radius 2 is 1.67 bits per heavy atom. The summed E-state index contributed by atoms with van der Waals surface area (Å²) < 4.78 is 0. The van der Waals surface area contributed by atoms with Crippen molar-refractivity contribution in [1.29, 1.82) is 0 Å². The summed E-state index contributed by atoms with van der Waals surface area (Å²) in [5.41, 5.74) is 4.18. The lowest BCUT2D eigenvalue weighted by Gasteiger charge is -2.18. The van der Waals surface area contributed by atoms with Gasteiger partial charge in [-0.3, -0.25) is 0 Å². The van der Waals surface area contributed by atoms with Gasteiger partial charge in [-0.25, -0.2) is 0 Å². The van der Waals surface area contributed by atoms with Gasteiger partial charge in [0.05, 0.1) is 6.04 Å². The smallest absolute Gasteiger partial charge is 0.0671 e. The van der Waals surface area contributed by atoms with Crippen LogP contribution >= 0.6 is 11.3 Å². The standard InChI is InChI=1S/C19H27NS/c1-6-11-20-19(18-12-14(4)15(5)21-18)17-9-7-16(8-10-17)13(2)3/h7-10,12-13,19-20H,6,11H2,1-5H3. The minimum Gasteiger partial charge on any atom is -0.306 e. The Morgan fingerprint density at radius 1 is 1.05 bits per heavy atom. The molecule has 0 aliphatic rings. The third-order valence-electron chi connectivity index (χ3n) is 4.00. The van der Waals surface area contributed by atoms with Crippen LogP contribution in [0.3, 0.4) is 0 Å². The second kappa shape index (κ2) is 7.24. The first kappa shape index (κ1) is 16.3. The average Bonchev–Trinajstić information content (AvgIpc) is 2.79. The quantitative estimate of drug-likeness (QED) is 0.734. The molecule has 0 saturated heterocycles. The van der Waals surface area contributed by atoms with Gasteiger partial charge < -0.3 is 5.32 Å². The van der Waals surface area contributed by atoms with E-state index < -0.39 is 0 Å². The highest BCUT2D eigenvalue weighted by Gasteiger charge is 2.16. The fourth-order valence-corrected chi connectivity index (χ4v) is 3.64. The van der Waals surface area contributed by atoms with Crippen molar-refractivity contribution in [3.05, 3.63) is 56.8 Å². The second-order valence-corrected chi connectivity index (χ2v) is 7.38. The van der Waals surface area contributed by atoms with Gasteiger partial charge in [-0.15, -0.1) is 11.3 Å². The fourth-order valence-electron chi connectivity index (χ4n) is 2.49. The average molecular weight is 301 g/mol. The molecule has 1 unspecified atom stereocenters. The van der Waals surface area contributed by atoms with E-state index in [1.807, 2.05) is 11.3 Å². The van der Waals surface area contributed by atoms with Crippen LogP contribution in [0.1, 0.15) is 65.6 Å². The van der Waals surface area contributed by atoms with Crippen LogP contribution in [0, 0.1) is 13.8 Å². The van der Waals surface area contributed by atoms with Gasteiger partial charge in [-0.1, -0.05) is 45.0 Å². The molecule has 21 heavy (non-hydrogen) atoms. The summed E-state index contributed by atoms with van der Waals surface area (Å²) in [5.74, 6) is 0.590. The van der Waals surface area contributed by atoms with Gasteiger partial charge in [0, 0.05) is 9.75 Å². The number of aryl methyl sites for hydroxylation is 2. The zero-order valence-corrected chi connectivity index (χ0v) is 14.7. The molecule has 1 aromatic carbocycles. The minimum atomic E-state index is 0.323. The Morgan fingerprint density at radius 3 is 2.14 bits per heavy atom. The molecular formula is C19H27NS. The summed E-state index contributed by atoms with van der Waals surface area (Å²) in [6.07, 6.45) is 1.16. The van der Waals surface area contributed by atoms with E-state index >= 15 is 0 Å². The topological polar surface area (TPSA) is 12.0 Å². The molecule has 0 saturated carbocycles. The van der Waals surface area contributed by atoms with E-state index in [-0.39, 0.29) is 0 Å². The third kappa shape index (κ3) is 3.96. The molecule has 1 aromatic heterocycles. The van der Waals surface area contributed by atoms with E-state index in [1.54, 1.807) is 0 Å². The normalized spacial score (nSPS) is 12.9. The predicted molar refractivity (Wildman–Crippen MR) is 94.5 cm³/mol. The van der Waals surface area contributed by atoms with Gasteiger partial charge in [0.15, 0.2) is 0 Å². The molecule has 0 aliphatic heterocycles. The maximum absolute atomic E-state index is 3.70. The molecule has 0 aliphatic carbocycles. The van der Waals surface area contributed by atoms with Crippen molar-refractivity contribution in [1.82, 2.24) is 5.32 Å². The van der Waals surface area contributed by atoms with Gasteiger partial charge in [-0.05, 0) is 55.5 Å². The molecule has 0 bridgehead atoms. The van der Waals surface area contributed by atoms with Gasteiger partial charge >= 0.3 is 0 Å². The van der Waals surface area contributed by atoms with Crippen LogP contribution in [-0.4, -0.2) is 6.54 Å². The molecule has 0 fully saturated rings. The summed E-state index contributed by atoms with van der Waals surface area (Å²) in [5, 5.41) is 3.70. The van der Waals surface area contributed by atoms with E-state index in [1.165, 1.54) is 26.4 Å². The number of hydrogen-bond acceptors (Lipinski definition) is 2. The molecule has 1 N–H and O–H groups in total. The highest BCUT2D eigenvalue weighted by molar-refractivity contribution is 7.12. The summed E-state index contributed by atoms with van der Waals surface area (Å²) >= 11 is 1.92. The summed E-state index contributed by atoms with van der Waals surface area (Å²) in [6.45, 7) is 12.2. The Bertz CT molecular complexity index is 546. The third-order valence-corrected chi connectivity index (χ3v) is 5.22. The van der Waals surface area contributed by atoms with Crippen molar-refractivity contribution in [3.63, 3.8) is 0 Å². The lowest BCUT2D eigenvalue weighted by molar-refractivity contribution is 0.605. The van der Waals surface area contributed by atoms with Gasteiger partial charge in [0.1, 0.15) is 0 Å². The zero-order chi connectivity index (χ0) is 15.4. The van der Waals surface area contributed by atoms with E-state index in [4.69, 9.17) is 0 Å². The highest BCUT2D eigenvalue weighted by atomic mass is 32.1. The van der Waals surface area contributed by atoms with Crippen LogP contribution in [0.4, 0.5) is 0 Å². The van der Waals surface area contributed by atoms with Crippen LogP contribution in [0.25, 0.3) is 0 Å². The monoisotopic (exact) mass is 301 g/mol. The van der Waals surface area contributed by atoms with E-state index in [0.29, 0.717) is 12.0 Å². The second-order valence-electron chi connectivity index (χ2n) is 6.10. The van der Waals surface area contributed by atoms with Crippen molar-refractivity contribution < 1.29 is 0 Å². The van der Waals surface area contributed by atoms with Crippen LogP contribution in [-0.2, 0) is 0 Å². The Labute approximate surface area is 133 Å². The van der Waals surface area contributed by atoms with Crippen LogP contribution in [0.5, 0.6) is 0 Å². The molecule has 1 atom stereocenters. The number of rotatable bonds is 6. The Hall–Kier alpha value is -1.12. The first-order valence-corrected chi connectivity index (χ1v) is 8.74. The Balaban J connectivity index is 2.30. The number of benzene rings is 1. The molecule has 0 spiro atoms. The number of hydrogen-bond donors (Lipinski definition) is 1. The van der Waals surface area contributed by atoms with E-state index in [9.17, 15) is 0 Å². The van der Waals surface area contributed by atoms with Crippen molar-refractivity contribution in [2.45, 2.75) is 53.0 Å². The molecule has 0 radical (unpaired) electrons. The van der Waals surface area contributed by atoms with Crippen molar-refractivity contribution in [3.8, 4) is 0 Å². The summed E-state index contributed by atoms with van der Waals surface area (Å²) in [4.78, 5) is 2.85. The molecule has 1 nitrogen and oxygen atoms in total. The lowest BCUT2D eigenvalue weighted by Crippen LogP contribution is -2.22. The first-order chi connectivity index (χ1) is 10.0. The molecule has 2 rings (SSSR count). The molecule has 114 valence electrons. The maximum atomic E-state index is 3.70.